The molecular formula is C29H31NO9S. The summed E-state index contributed by atoms with van der Waals surface area (Å²) in [6.07, 6.45) is -0.676. The number of benzene rings is 3. The molecule has 0 aliphatic rings. The third kappa shape index (κ3) is 7.82. The predicted octanol–water partition coefficient (Wildman–Crippen LogP) is 3.68. The van der Waals surface area contributed by atoms with Gasteiger partial charge in [-0.3, -0.25) is 14.4 Å². The first-order valence-electron chi connectivity index (χ1n) is 12.2. The third-order valence-corrected chi connectivity index (χ3v) is 7.07. The third-order valence-electron chi connectivity index (χ3n) is 5.94. The second-order valence-corrected chi connectivity index (χ2v) is 10.8. The van der Waals surface area contributed by atoms with E-state index in [0.29, 0.717) is 28.4 Å². The summed E-state index contributed by atoms with van der Waals surface area (Å²) < 4.78 is 45.3. The van der Waals surface area contributed by atoms with Crippen LogP contribution >= 0.6 is 0 Å². The molecule has 0 saturated heterocycles. The summed E-state index contributed by atoms with van der Waals surface area (Å²) in [5.74, 6) is -0.462. The smallest absolute Gasteiger partial charge is 0.307 e. The molecule has 0 aromatic heterocycles. The standard InChI is InChI=1S/C29H31NO9S/c1-36-24-16-19(17-25(37-2)28(24)38-3)18-30-29(33)27(21-10-12-22(13-11-21)40(4,34)35)39-26(32)15-14-23(31)20-8-6-5-7-9-20/h5-13,16-17,27H,14-15,18H2,1-4H3,(H,30,33). The maximum atomic E-state index is 13.3. The van der Waals surface area contributed by atoms with Gasteiger partial charge in [-0.05, 0) is 29.8 Å². The van der Waals surface area contributed by atoms with Gasteiger partial charge in [0.25, 0.3) is 5.91 Å². The minimum Gasteiger partial charge on any atom is -0.493 e. The Bertz CT molecular complexity index is 1430. The number of carbonyl (C=O) groups excluding carboxylic acids is 3. The van der Waals surface area contributed by atoms with E-state index in [0.717, 1.165) is 6.26 Å². The molecule has 0 spiro atoms. The highest BCUT2D eigenvalue weighted by atomic mass is 32.2. The molecule has 0 aliphatic heterocycles. The fraction of sp³-hybridized carbons (Fsp3) is 0.276. The minimum atomic E-state index is -3.48. The van der Waals surface area contributed by atoms with Crippen LogP contribution in [0.2, 0.25) is 0 Å². The Hall–Kier alpha value is -4.38. The number of ether oxygens (including phenoxy) is 4. The molecule has 0 aliphatic carbocycles. The number of rotatable bonds is 13. The van der Waals surface area contributed by atoms with Crippen LogP contribution in [0.5, 0.6) is 17.2 Å². The summed E-state index contributed by atoms with van der Waals surface area (Å²) in [7, 11) is 0.937. The minimum absolute atomic E-state index is 0.0253. The zero-order chi connectivity index (χ0) is 29.3. The summed E-state index contributed by atoms with van der Waals surface area (Å²) in [6.45, 7) is 0.0253. The maximum Gasteiger partial charge on any atom is 0.307 e. The SMILES string of the molecule is COc1cc(CNC(=O)C(OC(=O)CCC(=O)c2ccccc2)c2ccc(S(C)(=O)=O)cc2)cc(OC)c1OC. The molecule has 1 atom stereocenters. The Morgan fingerprint density at radius 1 is 0.825 bits per heavy atom. The number of esters is 1. The number of hydrogen-bond acceptors (Lipinski definition) is 9. The van der Waals surface area contributed by atoms with Gasteiger partial charge in [-0.25, -0.2) is 8.42 Å². The average molecular weight is 570 g/mol. The summed E-state index contributed by atoms with van der Waals surface area (Å²) in [5.41, 5.74) is 1.35. The zero-order valence-electron chi connectivity index (χ0n) is 22.6. The van der Waals surface area contributed by atoms with Crippen LogP contribution in [-0.2, 0) is 30.7 Å². The molecule has 0 bridgehead atoms. The Morgan fingerprint density at radius 2 is 1.43 bits per heavy atom. The zero-order valence-corrected chi connectivity index (χ0v) is 23.4. The highest BCUT2D eigenvalue weighted by Crippen LogP contribution is 2.38. The van der Waals surface area contributed by atoms with Crippen molar-refractivity contribution in [3.8, 4) is 17.2 Å². The molecule has 1 amide bonds. The molecule has 40 heavy (non-hydrogen) atoms. The highest BCUT2D eigenvalue weighted by Gasteiger charge is 2.26. The summed E-state index contributed by atoms with van der Waals surface area (Å²) in [6, 6.07) is 17.3. The number of ketones is 1. The molecule has 212 valence electrons. The van der Waals surface area contributed by atoms with Crippen molar-refractivity contribution in [3.05, 3.63) is 83.4 Å². The van der Waals surface area contributed by atoms with E-state index in [2.05, 4.69) is 5.32 Å². The van der Waals surface area contributed by atoms with Crippen molar-refractivity contribution >= 4 is 27.5 Å². The van der Waals surface area contributed by atoms with Crippen LogP contribution < -0.4 is 19.5 Å². The van der Waals surface area contributed by atoms with Gasteiger partial charge in [0.05, 0.1) is 32.6 Å². The quantitative estimate of drug-likeness (QED) is 0.242. The molecular weight excluding hydrogens is 538 g/mol. The van der Waals surface area contributed by atoms with Gasteiger partial charge in [0.15, 0.2) is 27.1 Å². The van der Waals surface area contributed by atoms with Crippen molar-refractivity contribution in [1.29, 1.82) is 0 Å². The van der Waals surface area contributed by atoms with Crippen LogP contribution in [0.3, 0.4) is 0 Å². The number of carbonyl (C=O) groups is 3. The maximum absolute atomic E-state index is 13.3. The van der Waals surface area contributed by atoms with Crippen molar-refractivity contribution in [2.45, 2.75) is 30.4 Å². The van der Waals surface area contributed by atoms with E-state index in [4.69, 9.17) is 18.9 Å². The first kappa shape index (κ1) is 30.2. The van der Waals surface area contributed by atoms with Crippen LogP contribution in [0.1, 0.15) is 40.4 Å². The van der Waals surface area contributed by atoms with Gasteiger partial charge in [-0.2, -0.15) is 0 Å². The van der Waals surface area contributed by atoms with Crippen LogP contribution in [-0.4, -0.2) is 53.7 Å². The van der Waals surface area contributed by atoms with E-state index in [1.807, 2.05) is 0 Å². The predicted molar refractivity (Wildman–Crippen MR) is 146 cm³/mol. The molecule has 0 fully saturated rings. The van der Waals surface area contributed by atoms with Crippen LogP contribution in [0, 0.1) is 0 Å². The number of methoxy groups -OCH3 is 3. The van der Waals surface area contributed by atoms with E-state index >= 15 is 0 Å². The van der Waals surface area contributed by atoms with Gasteiger partial charge < -0.3 is 24.3 Å². The molecule has 0 saturated carbocycles. The molecule has 3 aromatic carbocycles. The number of amides is 1. The van der Waals surface area contributed by atoms with Crippen molar-refractivity contribution in [2.24, 2.45) is 0 Å². The lowest BCUT2D eigenvalue weighted by Gasteiger charge is -2.19. The Morgan fingerprint density at radius 3 is 1.95 bits per heavy atom. The summed E-state index contributed by atoms with van der Waals surface area (Å²) in [5, 5.41) is 2.73. The van der Waals surface area contributed by atoms with Crippen molar-refractivity contribution in [1.82, 2.24) is 5.32 Å². The molecule has 0 heterocycles. The second-order valence-electron chi connectivity index (χ2n) is 8.75. The van der Waals surface area contributed by atoms with Gasteiger partial charge >= 0.3 is 5.97 Å². The average Bonchev–Trinajstić information content (AvgIpc) is 2.96. The lowest BCUT2D eigenvalue weighted by Crippen LogP contribution is -2.32. The van der Waals surface area contributed by atoms with Crippen molar-refractivity contribution in [2.75, 3.05) is 27.6 Å². The van der Waals surface area contributed by atoms with Gasteiger partial charge in [-0.15, -0.1) is 0 Å². The molecule has 3 aromatic rings. The monoisotopic (exact) mass is 569 g/mol. The number of Topliss-reactive ketones (excluding diaryl/α,β-unsaturated/α-hetero) is 1. The first-order chi connectivity index (χ1) is 19.1. The lowest BCUT2D eigenvalue weighted by atomic mass is 10.1. The topological polar surface area (TPSA) is 134 Å². The summed E-state index contributed by atoms with van der Waals surface area (Å²) in [4.78, 5) is 38.4. The van der Waals surface area contributed by atoms with Gasteiger partial charge in [0.2, 0.25) is 11.9 Å². The van der Waals surface area contributed by atoms with Gasteiger partial charge in [0, 0.05) is 30.3 Å². The van der Waals surface area contributed by atoms with E-state index < -0.39 is 27.8 Å². The molecule has 1 unspecified atom stereocenters. The van der Waals surface area contributed by atoms with Crippen LogP contribution in [0.15, 0.2) is 71.6 Å². The summed E-state index contributed by atoms with van der Waals surface area (Å²) >= 11 is 0. The Balaban J connectivity index is 1.79. The van der Waals surface area contributed by atoms with Crippen LogP contribution in [0.25, 0.3) is 0 Å². The Kier molecular flexibility index (Phi) is 10.3. The number of sulfone groups is 1. The van der Waals surface area contributed by atoms with Crippen LogP contribution in [0.4, 0.5) is 0 Å². The van der Waals surface area contributed by atoms with E-state index in [1.54, 1.807) is 42.5 Å². The van der Waals surface area contributed by atoms with E-state index in [9.17, 15) is 22.8 Å². The number of hydrogen-bond donors (Lipinski definition) is 1. The second kappa shape index (κ2) is 13.6. The lowest BCUT2D eigenvalue weighted by molar-refractivity contribution is -0.156. The molecule has 11 heteroatoms. The largest absolute Gasteiger partial charge is 0.493 e. The molecule has 0 radical (unpaired) electrons. The number of nitrogens with one attached hydrogen (secondary N) is 1. The molecule has 10 nitrogen and oxygen atoms in total. The van der Waals surface area contributed by atoms with Gasteiger partial charge in [-0.1, -0.05) is 42.5 Å². The first-order valence-corrected chi connectivity index (χ1v) is 14.1. The highest BCUT2D eigenvalue weighted by molar-refractivity contribution is 7.90. The molecule has 1 N–H and O–H groups in total. The van der Waals surface area contributed by atoms with Crippen molar-refractivity contribution in [3.63, 3.8) is 0 Å². The van der Waals surface area contributed by atoms with Gasteiger partial charge in [0.1, 0.15) is 0 Å². The van der Waals surface area contributed by atoms with Crippen molar-refractivity contribution < 1.29 is 41.7 Å². The fourth-order valence-corrected chi connectivity index (χ4v) is 4.49. The van der Waals surface area contributed by atoms with E-state index in [1.165, 1.54) is 45.6 Å². The van der Waals surface area contributed by atoms with E-state index in [-0.39, 0.29) is 35.6 Å². The Labute approximate surface area is 233 Å². The normalized spacial score (nSPS) is 11.7. The fourth-order valence-electron chi connectivity index (χ4n) is 3.86. The molecule has 3 rings (SSSR count).